The maximum absolute atomic E-state index is 11.0. The van der Waals surface area contributed by atoms with Crippen molar-refractivity contribution in [3.05, 3.63) is 65.7 Å². The number of rotatable bonds is 6. The average molecular weight is 271 g/mol. The summed E-state index contributed by atoms with van der Waals surface area (Å²) in [6.07, 6.45) is 0.917. The summed E-state index contributed by atoms with van der Waals surface area (Å²) in [6, 6.07) is 17.0. The molecule has 3 nitrogen and oxygen atoms in total. The fraction of sp³-hybridized carbons (Fsp3) is 0.294. The zero-order chi connectivity index (χ0) is 14.4. The Bertz CT molecular complexity index is 542. The van der Waals surface area contributed by atoms with Gasteiger partial charge in [-0.1, -0.05) is 55.5 Å². The Balaban J connectivity index is 2.46. The molecule has 0 radical (unpaired) electrons. The first-order valence-electron chi connectivity index (χ1n) is 6.92. The Labute approximate surface area is 120 Å². The van der Waals surface area contributed by atoms with Crippen molar-refractivity contribution in [2.24, 2.45) is 5.73 Å². The first-order valence-corrected chi connectivity index (χ1v) is 6.92. The smallest absolute Gasteiger partial charge is 0.130 e. The SMILES string of the molecule is CCCOc1ccccc1C(O)(CN)c1ccccc1. The molecule has 0 aliphatic rings. The van der Waals surface area contributed by atoms with Crippen molar-refractivity contribution in [2.75, 3.05) is 13.2 Å². The summed E-state index contributed by atoms with van der Waals surface area (Å²) >= 11 is 0. The molecule has 1 atom stereocenters. The largest absolute Gasteiger partial charge is 0.493 e. The summed E-state index contributed by atoms with van der Waals surface area (Å²) in [4.78, 5) is 0. The van der Waals surface area contributed by atoms with Gasteiger partial charge in [0.25, 0.3) is 0 Å². The van der Waals surface area contributed by atoms with Gasteiger partial charge in [-0.2, -0.15) is 0 Å². The van der Waals surface area contributed by atoms with Gasteiger partial charge in [-0.15, -0.1) is 0 Å². The van der Waals surface area contributed by atoms with Crippen LogP contribution in [0.15, 0.2) is 54.6 Å². The van der Waals surface area contributed by atoms with Gasteiger partial charge in [0.1, 0.15) is 11.4 Å². The molecular formula is C17H21NO2. The van der Waals surface area contributed by atoms with Crippen LogP contribution in [0.25, 0.3) is 0 Å². The molecule has 3 heteroatoms. The number of hydrogen-bond donors (Lipinski definition) is 2. The molecule has 0 saturated carbocycles. The van der Waals surface area contributed by atoms with E-state index in [1.807, 2.05) is 54.6 Å². The van der Waals surface area contributed by atoms with E-state index in [4.69, 9.17) is 10.5 Å². The van der Waals surface area contributed by atoms with Crippen molar-refractivity contribution < 1.29 is 9.84 Å². The highest BCUT2D eigenvalue weighted by atomic mass is 16.5. The fourth-order valence-corrected chi connectivity index (χ4v) is 2.24. The summed E-state index contributed by atoms with van der Waals surface area (Å²) in [6.45, 7) is 2.77. The summed E-state index contributed by atoms with van der Waals surface area (Å²) in [5.74, 6) is 0.686. The molecule has 106 valence electrons. The standard InChI is InChI=1S/C17H21NO2/c1-2-12-20-16-11-7-6-10-15(16)17(19,13-18)14-8-4-3-5-9-14/h3-11,19H,2,12-13,18H2,1H3. The molecule has 2 aromatic rings. The van der Waals surface area contributed by atoms with Crippen molar-refractivity contribution in [3.8, 4) is 5.75 Å². The first kappa shape index (κ1) is 14.6. The van der Waals surface area contributed by atoms with Crippen molar-refractivity contribution in [2.45, 2.75) is 18.9 Å². The van der Waals surface area contributed by atoms with Crippen LogP contribution >= 0.6 is 0 Å². The quantitative estimate of drug-likeness (QED) is 0.849. The molecule has 0 aliphatic heterocycles. The molecule has 3 N–H and O–H groups in total. The van der Waals surface area contributed by atoms with Crippen LogP contribution in [0.2, 0.25) is 0 Å². The van der Waals surface area contributed by atoms with Gasteiger partial charge in [-0.05, 0) is 18.1 Å². The second-order valence-corrected chi connectivity index (χ2v) is 4.78. The number of para-hydroxylation sites is 1. The minimum Gasteiger partial charge on any atom is -0.493 e. The topological polar surface area (TPSA) is 55.5 Å². The molecule has 0 amide bonds. The first-order chi connectivity index (χ1) is 9.72. The lowest BCUT2D eigenvalue weighted by Crippen LogP contribution is -2.36. The van der Waals surface area contributed by atoms with Crippen LogP contribution < -0.4 is 10.5 Å². The number of hydrogen-bond acceptors (Lipinski definition) is 3. The van der Waals surface area contributed by atoms with Gasteiger partial charge in [-0.3, -0.25) is 0 Å². The van der Waals surface area contributed by atoms with Crippen molar-refractivity contribution >= 4 is 0 Å². The Hall–Kier alpha value is -1.84. The van der Waals surface area contributed by atoms with Crippen LogP contribution in [0.4, 0.5) is 0 Å². The van der Waals surface area contributed by atoms with E-state index >= 15 is 0 Å². The zero-order valence-electron chi connectivity index (χ0n) is 11.8. The van der Waals surface area contributed by atoms with E-state index in [2.05, 4.69) is 6.92 Å². The van der Waals surface area contributed by atoms with Crippen LogP contribution in [0.1, 0.15) is 24.5 Å². The van der Waals surface area contributed by atoms with E-state index in [1.165, 1.54) is 0 Å². The van der Waals surface area contributed by atoms with Gasteiger partial charge in [-0.25, -0.2) is 0 Å². The van der Waals surface area contributed by atoms with Gasteiger partial charge in [0, 0.05) is 12.1 Å². The van der Waals surface area contributed by atoms with Gasteiger partial charge < -0.3 is 15.6 Å². The monoisotopic (exact) mass is 271 g/mol. The highest BCUT2D eigenvalue weighted by Crippen LogP contribution is 2.34. The van der Waals surface area contributed by atoms with E-state index in [9.17, 15) is 5.11 Å². The Morgan fingerprint density at radius 1 is 1.05 bits per heavy atom. The minimum absolute atomic E-state index is 0.101. The molecule has 0 aromatic heterocycles. The normalized spacial score (nSPS) is 13.8. The number of aliphatic hydroxyl groups is 1. The van der Waals surface area contributed by atoms with E-state index in [0.717, 1.165) is 12.0 Å². The molecule has 0 saturated heterocycles. The van der Waals surface area contributed by atoms with Crippen molar-refractivity contribution in [3.63, 3.8) is 0 Å². The molecule has 2 rings (SSSR count). The lowest BCUT2D eigenvalue weighted by Gasteiger charge is -2.29. The second-order valence-electron chi connectivity index (χ2n) is 4.78. The number of nitrogens with two attached hydrogens (primary N) is 1. The fourth-order valence-electron chi connectivity index (χ4n) is 2.24. The van der Waals surface area contributed by atoms with E-state index < -0.39 is 5.60 Å². The summed E-state index contributed by atoms with van der Waals surface area (Å²) < 4.78 is 5.74. The lowest BCUT2D eigenvalue weighted by atomic mass is 9.86. The lowest BCUT2D eigenvalue weighted by molar-refractivity contribution is 0.0861. The van der Waals surface area contributed by atoms with Crippen LogP contribution in [0, 0.1) is 0 Å². The molecule has 0 bridgehead atoms. The zero-order valence-corrected chi connectivity index (χ0v) is 11.8. The Morgan fingerprint density at radius 2 is 1.70 bits per heavy atom. The third-order valence-corrected chi connectivity index (χ3v) is 3.34. The van der Waals surface area contributed by atoms with Crippen molar-refractivity contribution in [1.29, 1.82) is 0 Å². The number of ether oxygens (including phenoxy) is 1. The molecule has 0 spiro atoms. The molecule has 20 heavy (non-hydrogen) atoms. The predicted octanol–water partition coefficient (Wildman–Crippen LogP) is 2.67. The summed E-state index contributed by atoms with van der Waals surface area (Å²) in [5.41, 5.74) is 6.12. The molecular weight excluding hydrogens is 250 g/mol. The Morgan fingerprint density at radius 3 is 2.35 bits per heavy atom. The van der Waals surface area contributed by atoms with E-state index in [0.29, 0.717) is 17.9 Å². The highest BCUT2D eigenvalue weighted by molar-refractivity contribution is 5.45. The molecule has 0 heterocycles. The van der Waals surface area contributed by atoms with Crippen LogP contribution in [0.5, 0.6) is 5.75 Å². The van der Waals surface area contributed by atoms with Gasteiger partial charge in [0.2, 0.25) is 0 Å². The third kappa shape index (κ3) is 2.84. The third-order valence-electron chi connectivity index (χ3n) is 3.34. The number of benzene rings is 2. The van der Waals surface area contributed by atoms with Crippen molar-refractivity contribution in [1.82, 2.24) is 0 Å². The van der Waals surface area contributed by atoms with Gasteiger partial charge in [0.15, 0.2) is 0 Å². The molecule has 1 unspecified atom stereocenters. The van der Waals surface area contributed by atoms with Crippen LogP contribution in [-0.2, 0) is 5.60 Å². The van der Waals surface area contributed by atoms with Crippen LogP contribution in [-0.4, -0.2) is 18.3 Å². The van der Waals surface area contributed by atoms with E-state index in [1.54, 1.807) is 0 Å². The maximum Gasteiger partial charge on any atom is 0.130 e. The van der Waals surface area contributed by atoms with Crippen LogP contribution in [0.3, 0.4) is 0 Å². The predicted molar refractivity (Wildman–Crippen MR) is 80.7 cm³/mol. The average Bonchev–Trinajstić information content (AvgIpc) is 2.53. The molecule has 0 aliphatic carbocycles. The highest BCUT2D eigenvalue weighted by Gasteiger charge is 2.32. The van der Waals surface area contributed by atoms with Gasteiger partial charge >= 0.3 is 0 Å². The molecule has 0 fully saturated rings. The summed E-state index contributed by atoms with van der Waals surface area (Å²) in [5, 5.41) is 11.0. The summed E-state index contributed by atoms with van der Waals surface area (Å²) in [7, 11) is 0. The molecule has 2 aromatic carbocycles. The minimum atomic E-state index is -1.23. The maximum atomic E-state index is 11.0. The van der Waals surface area contributed by atoms with Gasteiger partial charge in [0.05, 0.1) is 6.61 Å². The van der Waals surface area contributed by atoms with E-state index in [-0.39, 0.29) is 6.54 Å². The Kier molecular flexibility index (Phi) is 4.77. The second kappa shape index (κ2) is 6.55.